The number of para-hydroxylation sites is 1. The van der Waals surface area contributed by atoms with Crippen LogP contribution in [0.1, 0.15) is 56.0 Å². The lowest BCUT2D eigenvalue weighted by molar-refractivity contribution is -0.134. The molecule has 1 amide bonds. The van der Waals surface area contributed by atoms with Crippen LogP contribution in [0.25, 0.3) is 5.69 Å². The first-order valence-electron chi connectivity index (χ1n) is 12.0. The molecular formula is C25H37IN6O. The molecule has 33 heavy (non-hydrogen) atoms. The summed E-state index contributed by atoms with van der Waals surface area (Å²) in [5.74, 6) is 1.41. The van der Waals surface area contributed by atoms with Crippen molar-refractivity contribution in [1.29, 1.82) is 0 Å². The number of rotatable bonds is 6. The number of nitrogens with zero attached hydrogens (tertiary/aromatic N) is 4. The number of nitrogens with one attached hydrogen (secondary N) is 2. The monoisotopic (exact) mass is 564 g/mol. The maximum atomic E-state index is 12.8. The number of likely N-dealkylation sites (tertiary alicyclic amines) is 1. The minimum absolute atomic E-state index is 0. The van der Waals surface area contributed by atoms with E-state index in [0.717, 1.165) is 67.5 Å². The van der Waals surface area contributed by atoms with Crippen LogP contribution < -0.4 is 10.6 Å². The highest BCUT2D eigenvalue weighted by Crippen LogP contribution is 2.28. The molecule has 2 aliphatic rings. The van der Waals surface area contributed by atoms with E-state index >= 15 is 0 Å². The Labute approximate surface area is 214 Å². The van der Waals surface area contributed by atoms with E-state index in [0.29, 0.717) is 12.5 Å². The van der Waals surface area contributed by atoms with Crippen molar-refractivity contribution in [3.05, 3.63) is 47.3 Å². The molecule has 1 aliphatic carbocycles. The Kier molecular flexibility index (Phi) is 9.17. The van der Waals surface area contributed by atoms with Crippen LogP contribution in [0.4, 0.5) is 0 Å². The van der Waals surface area contributed by atoms with Crippen molar-refractivity contribution in [3.8, 4) is 5.69 Å². The molecule has 180 valence electrons. The molecule has 0 spiro atoms. The number of hydrogen-bond donors (Lipinski definition) is 2. The SMILES string of the molecule is CCNC(=NCc1c(C)nn(-c2ccccc2)c1C)NC1CCN(C(=O)C2CCCC2)C1.I. The number of halogens is 1. The summed E-state index contributed by atoms with van der Waals surface area (Å²) in [6.45, 7) is 9.19. The van der Waals surface area contributed by atoms with E-state index in [1.165, 1.54) is 12.8 Å². The molecule has 2 aromatic rings. The average molecular weight is 565 g/mol. The Hall–Kier alpha value is -2.10. The summed E-state index contributed by atoms with van der Waals surface area (Å²) in [5, 5.41) is 11.7. The van der Waals surface area contributed by atoms with Gasteiger partial charge in [0.1, 0.15) is 0 Å². The Morgan fingerprint density at radius 3 is 2.58 bits per heavy atom. The summed E-state index contributed by atoms with van der Waals surface area (Å²) in [7, 11) is 0. The average Bonchev–Trinajstić information content (AvgIpc) is 3.54. The number of aromatic nitrogens is 2. The summed E-state index contributed by atoms with van der Waals surface area (Å²) < 4.78 is 1.99. The van der Waals surface area contributed by atoms with Crippen molar-refractivity contribution < 1.29 is 4.79 Å². The number of aliphatic imine (C=N–C) groups is 1. The molecule has 2 fully saturated rings. The summed E-state index contributed by atoms with van der Waals surface area (Å²) in [6.07, 6.45) is 5.48. The van der Waals surface area contributed by atoms with Crippen molar-refractivity contribution in [2.75, 3.05) is 19.6 Å². The van der Waals surface area contributed by atoms with Crippen molar-refractivity contribution in [2.24, 2.45) is 10.9 Å². The van der Waals surface area contributed by atoms with Gasteiger partial charge in [0.15, 0.2) is 5.96 Å². The number of carbonyl (C=O) groups excluding carboxylic acids is 1. The van der Waals surface area contributed by atoms with E-state index in [4.69, 9.17) is 10.1 Å². The van der Waals surface area contributed by atoms with Crippen LogP contribution in [-0.2, 0) is 11.3 Å². The van der Waals surface area contributed by atoms with Gasteiger partial charge in [-0.05, 0) is 52.2 Å². The standard InChI is InChI=1S/C25H36N6O.HI/c1-4-26-25(28-21-14-15-30(17-21)24(32)20-10-8-9-11-20)27-16-23-18(2)29-31(19(23)3)22-12-6-5-7-13-22;/h5-7,12-13,20-21H,4,8-11,14-17H2,1-3H3,(H2,26,27,28);1H. The lowest BCUT2D eigenvalue weighted by Gasteiger charge is -2.21. The summed E-state index contributed by atoms with van der Waals surface area (Å²) >= 11 is 0. The first-order valence-corrected chi connectivity index (χ1v) is 12.0. The minimum atomic E-state index is 0. The molecule has 4 rings (SSSR count). The van der Waals surface area contributed by atoms with E-state index in [9.17, 15) is 4.79 Å². The fourth-order valence-corrected chi connectivity index (χ4v) is 4.91. The van der Waals surface area contributed by atoms with Crippen molar-refractivity contribution in [3.63, 3.8) is 0 Å². The molecule has 0 radical (unpaired) electrons. The molecule has 7 nitrogen and oxygen atoms in total. The van der Waals surface area contributed by atoms with Crippen LogP contribution in [-0.4, -0.2) is 52.2 Å². The maximum absolute atomic E-state index is 12.8. The molecule has 0 bridgehead atoms. The molecule has 1 aromatic heterocycles. The number of hydrogen-bond acceptors (Lipinski definition) is 3. The second-order valence-corrected chi connectivity index (χ2v) is 8.99. The van der Waals surface area contributed by atoms with Crippen molar-refractivity contribution in [1.82, 2.24) is 25.3 Å². The molecule has 2 heterocycles. The van der Waals surface area contributed by atoms with Crippen LogP contribution >= 0.6 is 24.0 Å². The Morgan fingerprint density at radius 1 is 1.15 bits per heavy atom. The second kappa shape index (κ2) is 11.9. The second-order valence-electron chi connectivity index (χ2n) is 8.99. The van der Waals surface area contributed by atoms with Crippen LogP contribution in [0.3, 0.4) is 0 Å². The van der Waals surface area contributed by atoms with Gasteiger partial charge in [0.2, 0.25) is 5.91 Å². The van der Waals surface area contributed by atoms with Gasteiger partial charge >= 0.3 is 0 Å². The lowest BCUT2D eigenvalue weighted by Crippen LogP contribution is -2.45. The zero-order chi connectivity index (χ0) is 22.5. The Morgan fingerprint density at radius 2 is 1.88 bits per heavy atom. The van der Waals surface area contributed by atoms with E-state index in [-0.39, 0.29) is 35.9 Å². The molecule has 1 unspecified atom stereocenters. The Balaban J connectivity index is 0.00000306. The largest absolute Gasteiger partial charge is 0.357 e. The normalized spacial score (nSPS) is 18.9. The van der Waals surface area contributed by atoms with Gasteiger partial charge in [-0.25, -0.2) is 9.67 Å². The predicted octanol–water partition coefficient (Wildman–Crippen LogP) is 3.95. The molecule has 1 saturated heterocycles. The van der Waals surface area contributed by atoms with Gasteiger partial charge in [0, 0.05) is 42.9 Å². The third kappa shape index (κ3) is 6.07. The third-order valence-electron chi connectivity index (χ3n) is 6.73. The number of amides is 1. The zero-order valence-corrected chi connectivity index (χ0v) is 22.3. The first kappa shape index (κ1) is 25.5. The zero-order valence-electron chi connectivity index (χ0n) is 20.0. The molecule has 8 heteroatoms. The first-order chi connectivity index (χ1) is 15.6. The number of guanidine groups is 1. The van der Waals surface area contributed by atoms with Gasteiger partial charge in [-0.2, -0.15) is 5.10 Å². The maximum Gasteiger partial charge on any atom is 0.225 e. The van der Waals surface area contributed by atoms with Crippen LogP contribution in [0.15, 0.2) is 35.3 Å². The topological polar surface area (TPSA) is 74.6 Å². The van der Waals surface area contributed by atoms with E-state index in [2.05, 4.69) is 41.5 Å². The van der Waals surface area contributed by atoms with Crippen LogP contribution in [0.2, 0.25) is 0 Å². The van der Waals surface area contributed by atoms with Gasteiger partial charge in [-0.3, -0.25) is 4.79 Å². The predicted molar refractivity (Wildman–Crippen MR) is 143 cm³/mol. The minimum Gasteiger partial charge on any atom is -0.357 e. The molecule has 2 N–H and O–H groups in total. The van der Waals surface area contributed by atoms with E-state index < -0.39 is 0 Å². The molecular weight excluding hydrogens is 527 g/mol. The Bertz CT molecular complexity index is 951. The van der Waals surface area contributed by atoms with Crippen LogP contribution in [0.5, 0.6) is 0 Å². The number of aryl methyl sites for hydroxylation is 1. The highest BCUT2D eigenvalue weighted by molar-refractivity contribution is 14.0. The van der Waals surface area contributed by atoms with Crippen molar-refractivity contribution >= 4 is 35.8 Å². The molecule has 1 aromatic carbocycles. The van der Waals surface area contributed by atoms with Gasteiger partial charge in [-0.15, -0.1) is 24.0 Å². The van der Waals surface area contributed by atoms with E-state index in [1.54, 1.807) is 0 Å². The third-order valence-corrected chi connectivity index (χ3v) is 6.73. The summed E-state index contributed by atoms with van der Waals surface area (Å²) in [5.41, 5.74) is 4.32. The number of benzene rings is 1. The van der Waals surface area contributed by atoms with Crippen molar-refractivity contribution in [2.45, 2.75) is 65.5 Å². The number of carbonyl (C=O) groups is 1. The highest BCUT2D eigenvalue weighted by atomic mass is 127. The fraction of sp³-hybridized carbons (Fsp3) is 0.560. The smallest absolute Gasteiger partial charge is 0.225 e. The lowest BCUT2D eigenvalue weighted by atomic mass is 10.1. The van der Waals surface area contributed by atoms with Gasteiger partial charge < -0.3 is 15.5 Å². The molecule has 1 saturated carbocycles. The fourth-order valence-electron chi connectivity index (χ4n) is 4.91. The van der Waals surface area contributed by atoms with Gasteiger partial charge in [0.05, 0.1) is 17.9 Å². The van der Waals surface area contributed by atoms with E-state index in [1.807, 2.05) is 29.8 Å². The van der Waals surface area contributed by atoms with Gasteiger partial charge in [0.25, 0.3) is 0 Å². The highest BCUT2D eigenvalue weighted by Gasteiger charge is 2.32. The quantitative estimate of drug-likeness (QED) is 0.317. The molecule has 1 atom stereocenters. The summed E-state index contributed by atoms with van der Waals surface area (Å²) in [6, 6.07) is 10.4. The van der Waals surface area contributed by atoms with Crippen LogP contribution in [0, 0.1) is 19.8 Å². The van der Waals surface area contributed by atoms with Gasteiger partial charge in [-0.1, -0.05) is 31.0 Å². The summed E-state index contributed by atoms with van der Waals surface area (Å²) in [4.78, 5) is 19.7. The molecule has 1 aliphatic heterocycles.